The minimum Gasteiger partial charge on any atom is -0.235 e. The van der Waals surface area contributed by atoms with Crippen molar-refractivity contribution in [2.75, 3.05) is 0 Å². The van der Waals surface area contributed by atoms with Crippen LogP contribution in [0.5, 0.6) is 0 Å². The molecule has 0 aliphatic carbocycles. The molecule has 112 valence electrons. The van der Waals surface area contributed by atoms with E-state index in [9.17, 15) is 4.39 Å². The Balaban J connectivity index is 1.99. The number of hydrogen-bond donors (Lipinski definition) is 0. The first-order chi connectivity index (χ1) is 10.6. The summed E-state index contributed by atoms with van der Waals surface area (Å²) in [6, 6.07) is 6.63. The maximum atomic E-state index is 13.3. The van der Waals surface area contributed by atoms with Gasteiger partial charge in [-0.25, -0.2) is 13.8 Å². The van der Waals surface area contributed by atoms with Gasteiger partial charge in [0.05, 0.1) is 18.8 Å². The first-order valence-corrected chi connectivity index (χ1v) is 8.44. The maximum Gasteiger partial charge on any atom is 0.177 e. The lowest BCUT2D eigenvalue weighted by Gasteiger charge is -2.09. The van der Waals surface area contributed by atoms with Gasteiger partial charge in [-0.05, 0) is 68.3 Å². The van der Waals surface area contributed by atoms with E-state index in [0.717, 1.165) is 25.1 Å². The van der Waals surface area contributed by atoms with Crippen LogP contribution in [0, 0.1) is 16.3 Å². The van der Waals surface area contributed by atoms with E-state index in [-0.39, 0.29) is 5.82 Å². The molecule has 0 saturated carbocycles. The largest absolute Gasteiger partial charge is 0.235 e. The molecule has 0 aliphatic heterocycles. The van der Waals surface area contributed by atoms with Crippen LogP contribution >= 0.6 is 38.5 Å². The average Bonchev–Trinajstić information content (AvgIpc) is 3.06. The van der Waals surface area contributed by atoms with Crippen LogP contribution in [-0.2, 0) is 13.0 Å². The van der Waals surface area contributed by atoms with Gasteiger partial charge in [-0.15, -0.1) is 0 Å². The van der Waals surface area contributed by atoms with Crippen molar-refractivity contribution in [3.05, 3.63) is 68.8 Å². The number of rotatable bonds is 4. The van der Waals surface area contributed by atoms with Crippen molar-refractivity contribution in [1.82, 2.24) is 19.6 Å². The van der Waals surface area contributed by atoms with Crippen LogP contribution in [0.4, 0.5) is 4.39 Å². The predicted molar refractivity (Wildman–Crippen MR) is 94.3 cm³/mol. The van der Waals surface area contributed by atoms with E-state index in [4.69, 9.17) is 0 Å². The van der Waals surface area contributed by atoms with Crippen molar-refractivity contribution in [2.45, 2.75) is 13.0 Å². The average molecular weight is 474 g/mol. The molecule has 0 bridgehead atoms. The Morgan fingerprint density at radius 1 is 1.32 bits per heavy atom. The van der Waals surface area contributed by atoms with Gasteiger partial charge in [0.25, 0.3) is 0 Å². The third-order valence-electron chi connectivity index (χ3n) is 3.19. The molecule has 0 aliphatic rings. The highest BCUT2D eigenvalue weighted by Gasteiger charge is 2.13. The van der Waals surface area contributed by atoms with Crippen LogP contribution in [-0.4, -0.2) is 19.6 Å². The number of halogens is 3. The zero-order valence-electron chi connectivity index (χ0n) is 11.5. The molecule has 3 aromatic rings. The summed E-state index contributed by atoms with van der Waals surface area (Å²) in [6.07, 6.45) is 4.48. The van der Waals surface area contributed by atoms with E-state index in [1.807, 2.05) is 23.1 Å². The van der Waals surface area contributed by atoms with Gasteiger partial charge in [0.2, 0.25) is 0 Å². The fourth-order valence-corrected chi connectivity index (χ4v) is 3.33. The highest BCUT2D eigenvalue weighted by atomic mass is 127. The van der Waals surface area contributed by atoms with Crippen LogP contribution in [0.15, 0.2) is 41.3 Å². The van der Waals surface area contributed by atoms with E-state index in [1.54, 1.807) is 10.7 Å². The molecule has 0 radical (unpaired) electrons. The maximum absolute atomic E-state index is 13.3. The van der Waals surface area contributed by atoms with Crippen LogP contribution in [0.1, 0.15) is 11.3 Å². The van der Waals surface area contributed by atoms with Gasteiger partial charge >= 0.3 is 0 Å². The Labute approximate surface area is 149 Å². The standard InChI is InChI=1S/C15H12BrFIN4/c1-2-21-9-10(8-19-21)5-12-7-15(16)20-22(12)14-4-3-11(17)6-13(14)18/h3-4,6-9H,1-2,5H2/q+1. The van der Waals surface area contributed by atoms with Gasteiger partial charge in [0.1, 0.15) is 10.4 Å². The zero-order valence-corrected chi connectivity index (χ0v) is 15.3. The van der Waals surface area contributed by atoms with Crippen molar-refractivity contribution >= 4 is 38.5 Å². The molecule has 0 unspecified atom stereocenters. The van der Waals surface area contributed by atoms with E-state index in [0.29, 0.717) is 13.0 Å². The van der Waals surface area contributed by atoms with Gasteiger partial charge in [0, 0.05) is 21.9 Å². The number of aromatic nitrogens is 4. The Hall–Kier alpha value is -1.35. The second-order valence-electron chi connectivity index (χ2n) is 4.75. The predicted octanol–water partition coefficient (Wildman–Crippen LogP) is 4.00. The van der Waals surface area contributed by atoms with Crippen molar-refractivity contribution in [1.29, 1.82) is 0 Å². The molecular weight excluding hydrogens is 462 g/mol. The number of hydrogen-bond acceptors (Lipinski definition) is 2. The van der Waals surface area contributed by atoms with Crippen LogP contribution in [0.3, 0.4) is 0 Å². The molecule has 2 aromatic heterocycles. The third-order valence-corrected chi connectivity index (χ3v) is 4.44. The van der Waals surface area contributed by atoms with Gasteiger partial charge in [-0.2, -0.15) is 10.2 Å². The first kappa shape index (κ1) is 15.5. The Morgan fingerprint density at radius 3 is 2.82 bits per heavy atom. The molecule has 1 aromatic carbocycles. The first-order valence-electron chi connectivity index (χ1n) is 6.57. The van der Waals surface area contributed by atoms with Gasteiger partial charge in [-0.1, -0.05) is 0 Å². The smallest absolute Gasteiger partial charge is 0.177 e. The third kappa shape index (κ3) is 3.19. The topological polar surface area (TPSA) is 35.6 Å². The molecule has 7 heteroatoms. The van der Waals surface area contributed by atoms with Crippen molar-refractivity contribution in [2.24, 2.45) is 0 Å². The molecule has 2 heterocycles. The van der Waals surface area contributed by atoms with Gasteiger partial charge < -0.3 is 0 Å². The summed E-state index contributed by atoms with van der Waals surface area (Å²) < 4.78 is 18.5. The lowest BCUT2D eigenvalue weighted by atomic mass is 10.2. The highest BCUT2D eigenvalue weighted by Crippen LogP contribution is 2.23. The molecule has 0 amide bonds. The van der Waals surface area contributed by atoms with E-state index >= 15 is 0 Å². The van der Waals surface area contributed by atoms with Crippen LogP contribution in [0.2, 0.25) is 0 Å². The van der Waals surface area contributed by atoms with Crippen molar-refractivity contribution in [3.63, 3.8) is 0 Å². The normalized spacial score (nSPS) is 11.0. The summed E-state index contributed by atoms with van der Waals surface area (Å²) >= 11 is 5.53. The molecule has 0 saturated heterocycles. The van der Waals surface area contributed by atoms with Crippen LogP contribution < -0.4 is 0 Å². The summed E-state index contributed by atoms with van der Waals surface area (Å²) in [6.45, 7) is 4.40. The SMILES string of the molecule is [CH2+]Cn1cc(Cc2cc(Br)nn2-c2ccc(F)cc2I)cn1. The quantitative estimate of drug-likeness (QED) is 0.424. The van der Waals surface area contributed by atoms with Gasteiger partial charge in [0.15, 0.2) is 6.54 Å². The Bertz CT molecular complexity index is 812. The second kappa shape index (κ2) is 6.41. The van der Waals surface area contributed by atoms with Crippen molar-refractivity contribution in [3.8, 4) is 5.69 Å². The number of benzene rings is 1. The molecule has 22 heavy (non-hydrogen) atoms. The lowest BCUT2D eigenvalue weighted by Crippen LogP contribution is -2.05. The highest BCUT2D eigenvalue weighted by molar-refractivity contribution is 14.1. The summed E-state index contributed by atoms with van der Waals surface area (Å²) in [5.41, 5.74) is 2.93. The summed E-state index contributed by atoms with van der Waals surface area (Å²) in [5, 5.41) is 8.69. The fourth-order valence-electron chi connectivity index (χ4n) is 2.20. The Morgan fingerprint density at radius 2 is 2.14 bits per heavy atom. The molecule has 0 atom stereocenters. The summed E-state index contributed by atoms with van der Waals surface area (Å²) in [5.74, 6) is -0.252. The van der Waals surface area contributed by atoms with Gasteiger partial charge in [-0.3, -0.25) is 0 Å². The fraction of sp³-hybridized carbons (Fsp3) is 0.133. The zero-order chi connectivity index (χ0) is 15.7. The molecule has 3 rings (SSSR count). The Kier molecular flexibility index (Phi) is 4.53. The number of nitrogens with zero attached hydrogens (tertiary/aromatic N) is 4. The summed E-state index contributed by atoms with van der Waals surface area (Å²) in [4.78, 5) is 0. The van der Waals surface area contributed by atoms with E-state index in [2.05, 4.69) is 55.6 Å². The van der Waals surface area contributed by atoms with E-state index in [1.165, 1.54) is 12.1 Å². The molecule has 0 fully saturated rings. The van der Waals surface area contributed by atoms with Crippen molar-refractivity contribution < 1.29 is 4.39 Å². The second-order valence-corrected chi connectivity index (χ2v) is 6.73. The molecule has 4 nitrogen and oxygen atoms in total. The molecular formula is C15H12BrFIN4+. The molecule has 0 N–H and O–H groups in total. The molecule has 0 spiro atoms. The minimum absolute atomic E-state index is 0.252. The lowest BCUT2D eigenvalue weighted by molar-refractivity contribution is 0.625. The van der Waals surface area contributed by atoms with Crippen LogP contribution in [0.25, 0.3) is 5.69 Å². The minimum atomic E-state index is -0.252. The summed E-state index contributed by atoms with van der Waals surface area (Å²) in [7, 11) is 0. The van der Waals surface area contributed by atoms with E-state index < -0.39 is 0 Å². The monoisotopic (exact) mass is 473 g/mol.